The molecule has 0 saturated carbocycles. The lowest BCUT2D eigenvalue weighted by Crippen LogP contribution is -2.12. The Morgan fingerprint density at radius 2 is 1.77 bits per heavy atom. The lowest BCUT2D eigenvalue weighted by Gasteiger charge is -2.19. The van der Waals surface area contributed by atoms with E-state index in [0.717, 1.165) is 21.2 Å². The molecule has 0 fully saturated rings. The number of ether oxygens (including phenoxy) is 1. The maximum Gasteiger partial charge on any atom is 0.233 e. The average molecular weight is 411 g/mol. The first-order chi connectivity index (χ1) is 12.6. The smallest absolute Gasteiger partial charge is 0.233 e. The number of hydrogen-bond acceptors (Lipinski definition) is 4. The Kier molecular flexibility index (Phi) is 5.78. The van der Waals surface area contributed by atoms with Gasteiger partial charge in [-0.25, -0.2) is 0 Å². The van der Waals surface area contributed by atoms with Crippen molar-refractivity contribution >= 4 is 21.7 Å². The molecule has 0 spiro atoms. The van der Waals surface area contributed by atoms with Crippen LogP contribution in [0, 0.1) is 6.92 Å². The summed E-state index contributed by atoms with van der Waals surface area (Å²) >= 11 is 3.47. The van der Waals surface area contributed by atoms with Crippen molar-refractivity contribution in [2.75, 3.05) is 7.11 Å². The topological polar surface area (TPSA) is 52.1 Å². The van der Waals surface area contributed by atoms with Gasteiger partial charge in [-0.3, -0.25) is 4.79 Å². The van der Waals surface area contributed by atoms with E-state index in [1.165, 1.54) is 7.11 Å². The molecule has 3 rings (SSSR count). The van der Waals surface area contributed by atoms with Gasteiger partial charge in [0.25, 0.3) is 0 Å². The summed E-state index contributed by atoms with van der Waals surface area (Å²) in [5, 5.41) is 7.90. The highest BCUT2D eigenvalue weighted by molar-refractivity contribution is 9.10. The summed E-state index contributed by atoms with van der Waals surface area (Å²) in [6.45, 7) is 2.07. The Morgan fingerprint density at radius 1 is 1.04 bits per heavy atom. The van der Waals surface area contributed by atoms with E-state index in [1.54, 1.807) is 12.1 Å². The average Bonchev–Trinajstić information content (AvgIpc) is 2.67. The standard InChI is InChI=1S/C21H19BrN2O2/c1-14-5-3-4-6-17(14)18(15-7-9-16(22)10-8-15)13-20(25)19-11-12-21(26-2)24-23-19/h3-12,18H,13H2,1-2H3. The number of nitrogens with zero attached hydrogens (tertiary/aromatic N) is 2. The SMILES string of the molecule is COc1ccc(C(=O)CC(c2ccc(Br)cc2)c2ccccc2C)nn1. The zero-order valence-electron chi connectivity index (χ0n) is 14.6. The van der Waals surface area contributed by atoms with E-state index in [0.29, 0.717) is 18.0 Å². The lowest BCUT2D eigenvalue weighted by atomic mass is 9.84. The summed E-state index contributed by atoms with van der Waals surface area (Å²) in [4.78, 5) is 12.8. The molecule has 0 bridgehead atoms. The summed E-state index contributed by atoms with van der Waals surface area (Å²) in [5.74, 6) is 0.307. The highest BCUT2D eigenvalue weighted by Gasteiger charge is 2.21. The van der Waals surface area contributed by atoms with Gasteiger partial charge in [-0.1, -0.05) is 52.3 Å². The molecule has 5 heteroatoms. The molecule has 0 aliphatic rings. The van der Waals surface area contributed by atoms with E-state index in [-0.39, 0.29) is 11.7 Å². The molecular weight excluding hydrogens is 392 g/mol. The second kappa shape index (κ2) is 8.23. The van der Waals surface area contributed by atoms with Crippen LogP contribution in [0.4, 0.5) is 0 Å². The monoisotopic (exact) mass is 410 g/mol. The fraction of sp³-hybridized carbons (Fsp3) is 0.190. The first-order valence-electron chi connectivity index (χ1n) is 8.30. The number of carbonyl (C=O) groups excluding carboxylic acids is 1. The van der Waals surface area contributed by atoms with E-state index in [4.69, 9.17) is 4.74 Å². The van der Waals surface area contributed by atoms with E-state index in [2.05, 4.69) is 45.2 Å². The Labute approximate surface area is 161 Å². The van der Waals surface area contributed by atoms with Crippen LogP contribution in [0.3, 0.4) is 0 Å². The van der Waals surface area contributed by atoms with Crippen molar-refractivity contribution in [1.29, 1.82) is 0 Å². The first kappa shape index (κ1) is 18.3. The van der Waals surface area contributed by atoms with Gasteiger partial charge in [0.05, 0.1) is 7.11 Å². The number of carbonyl (C=O) groups is 1. The Balaban J connectivity index is 1.94. The number of ketones is 1. The van der Waals surface area contributed by atoms with Crippen molar-refractivity contribution in [2.45, 2.75) is 19.3 Å². The summed E-state index contributed by atoms with van der Waals surface area (Å²) in [7, 11) is 1.52. The summed E-state index contributed by atoms with van der Waals surface area (Å²) in [6, 6.07) is 19.6. The Morgan fingerprint density at radius 3 is 2.38 bits per heavy atom. The van der Waals surface area contributed by atoms with Crippen LogP contribution in [-0.2, 0) is 0 Å². The van der Waals surface area contributed by atoms with Gasteiger partial charge in [-0.05, 0) is 41.8 Å². The van der Waals surface area contributed by atoms with Crippen LogP contribution in [0.2, 0.25) is 0 Å². The third kappa shape index (κ3) is 4.17. The third-order valence-electron chi connectivity index (χ3n) is 4.36. The minimum Gasteiger partial charge on any atom is -0.480 e. The summed E-state index contributed by atoms with van der Waals surface area (Å²) in [6.07, 6.45) is 0.327. The number of aromatic nitrogens is 2. The highest BCUT2D eigenvalue weighted by atomic mass is 79.9. The molecule has 1 atom stereocenters. The molecule has 0 aliphatic carbocycles. The number of rotatable bonds is 6. The van der Waals surface area contributed by atoms with Crippen LogP contribution in [0.1, 0.15) is 39.5 Å². The quantitative estimate of drug-likeness (QED) is 0.538. The van der Waals surface area contributed by atoms with E-state index < -0.39 is 0 Å². The fourth-order valence-corrected chi connectivity index (χ4v) is 3.21. The van der Waals surface area contributed by atoms with Crippen LogP contribution >= 0.6 is 15.9 Å². The molecular formula is C21H19BrN2O2. The minimum atomic E-state index is -0.0451. The molecule has 0 amide bonds. The maximum absolute atomic E-state index is 12.8. The highest BCUT2D eigenvalue weighted by Crippen LogP contribution is 2.32. The van der Waals surface area contributed by atoms with Crippen molar-refractivity contribution in [3.8, 4) is 5.88 Å². The third-order valence-corrected chi connectivity index (χ3v) is 4.89. The van der Waals surface area contributed by atoms with Gasteiger partial charge in [0.15, 0.2) is 5.78 Å². The van der Waals surface area contributed by atoms with Crippen LogP contribution < -0.4 is 4.74 Å². The van der Waals surface area contributed by atoms with Crippen molar-refractivity contribution in [1.82, 2.24) is 10.2 Å². The number of halogens is 1. The molecule has 3 aromatic rings. The zero-order valence-corrected chi connectivity index (χ0v) is 16.2. The predicted molar refractivity (Wildman–Crippen MR) is 105 cm³/mol. The molecule has 132 valence electrons. The van der Waals surface area contributed by atoms with Crippen molar-refractivity contribution < 1.29 is 9.53 Å². The largest absolute Gasteiger partial charge is 0.480 e. The molecule has 0 radical (unpaired) electrons. The second-order valence-electron chi connectivity index (χ2n) is 6.05. The van der Waals surface area contributed by atoms with Gasteiger partial charge < -0.3 is 4.74 Å². The predicted octanol–water partition coefficient (Wildman–Crippen LogP) is 4.96. The maximum atomic E-state index is 12.8. The molecule has 0 N–H and O–H groups in total. The number of aryl methyl sites for hydroxylation is 1. The van der Waals surface area contributed by atoms with E-state index >= 15 is 0 Å². The molecule has 2 aromatic carbocycles. The first-order valence-corrected chi connectivity index (χ1v) is 9.09. The van der Waals surface area contributed by atoms with Gasteiger partial charge in [-0.2, -0.15) is 0 Å². The fourth-order valence-electron chi connectivity index (χ4n) is 2.95. The summed E-state index contributed by atoms with van der Waals surface area (Å²) < 4.78 is 6.02. The number of Topliss-reactive ketones (excluding diaryl/α,β-unsaturated/α-hetero) is 1. The van der Waals surface area contributed by atoms with E-state index in [1.807, 2.05) is 36.4 Å². The Bertz CT molecular complexity index is 893. The lowest BCUT2D eigenvalue weighted by molar-refractivity contribution is 0.0971. The summed E-state index contributed by atoms with van der Waals surface area (Å²) in [5.41, 5.74) is 3.75. The van der Waals surface area contributed by atoms with Gasteiger partial charge in [0.2, 0.25) is 5.88 Å². The van der Waals surface area contributed by atoms with Crippen LogP contribution in [0.25, 0.3) is 0 Å². The van der Waals surface area contributed by atoms with E-state index in [9.17, 15) is 4.79 Å². The molecule has 4 nitrogen and oxygen atoms in total. The van der Waals surface area contributed by atoms with Gasteiger partial charge in [-0.15, -0.1) is 10.2 Å². The van der Waals surface area contributed by atoms with Crippen LogP contribution in [0.15, 0.2) is 65.1 Å². The number of benzene rings is 2. The molecule has 1 aromatic heterocycles. The van der Waals surface area contributed by atoms with Gasteiger partial charge in [0, 0.05) is 22.9 Å². The minimum absolute atomic E-state index is 0.0410. The number of hydrogen-bond donors (Lipinski definition) is 0. The number of methoxy groups -OCH3 is 1. The Hall–Kier alpha value is -2.53. The molecule has 1 unspecified atom stereocenters. The van der Waals surface area contributed by atoms with Crippen molar-refractivity contribution in [3.05, 3.63) is 87.5 Å². The van der Waals surface area contributed by atoms with Gasteiger partial charge >= 0.3 is 0 Å². The molecule has 26 heavy (non-hydrogen) atoms. The van der Waals surface area contributed by atoms with Crippen molar-refractivity contribution in [2.24, 2.45) is 0 Å². The molecule has 0 saturated heterocycles. The zero-order chi connectivity index (χ0) is 18.5. The van der Waals surface area contributed by atoms with Crippen LogP contribution in [-0.4, -0.2) is 23.1 Å². The second-order valence-corrected chi connectivity index (χ2v) is 6.96. The van der Waals surface area contributed by atoms with Crippen molar-refractivity contribution in [3.63, 3.8) is 0 Å². The molecule has 0 aliphatic heterocycles. The normalized spacial score (nSPS) is 11.8. The van der Waals surface area contributed by atoms with Gasteiger partial charge in [0.1, 0.15) is 5.69 Å². The molecule has 1 heterocycles. The van der Waals surface area contributed by atoms with Crippen LogP contribution in [0.5, 0.6) is 5.88 Å².